The molecule has 0 radical (unpaired) electrons. The molecule has 3 N–H and O–H groups in total. The van der Waals surface area contributed by atoms with E-state index in [9.17, 15) is 4.79 Å². The summed E-state index contributed by atoms with van der Waals surface area (Å²) in [7, 11) is 0. The third-order valence-electron chi connectivity index (χ3n) is 5.64. The van der Waals surface area contributed by atoms with Gasteiger partial charge >= 0.3 is 0 Å². The number of carbonyl (C=O) groups is 1. The van der Waals surface area contributed by atoms with Gasteiger partial charge in [-0.3, -0.25) is 9.20 Å². The first-order valence-corrected chi connectivity index (χ1v) is 11.7. The summed E-state index contributed by atoms with van der Waals surface area (Å²) < 4.78 is 2.08. The Kier molecular flexibility index (Phi) is 7.24. The van der Waals surface area contributed by atoms with Gasteiger partial charge in [0, 0.05) is 25.7 Å². The van der Waals surface area contributed by atoms with Crippen molar-refractivity contribution in [2.45, 2.75) is 56.0 Å². The lowest BCUT2D eigenvalue weighted by Crippen LogP contribution is -2.36. The van der Waals surface area contributed by atoms with Gasteiger partial charge in [-0.05, 0) is 50.4 Å². The molecule has 1 aliphatic heterocycles. The zero-order valence-corrected chi connectivity index (χ0v) is 17.8. The maximum Gasteiger partial charge on any atom is 0.258 e. The first-order chi connectivity index (χ1) is 14.3. The zero-order chi connectivity index (χ0) is 19.9. The predicted molar refractivity (Wildman–Crippen MR) is 119 cm³/mol. The molecular weight excluding hydrogens is 382 g/mol. The number of nitrogens with zero attached hydrogens (tertiary/aromatic N) is 2. The van der Waals surface area contributed by atoms with Crippen molar-refractivity contribution in [1.82, 2.24) is 25.3 Å². The number of pyridine rings is 1. The first kappa shape index (κ1) is 20.4. The van der Waals surface area contributed by atoms with Crippen LogP contribution in [-0.2, 0) is 4.79 Å². The highest BCUT2D eigenvalue weighted by Crippen LogP contribution is 2.34. The number of hydrogen-bond donors (Lipinski definition) is 3. The second-order valence-electron chi connectivity index (χ2n) is 7.85. The van der Waals surface area contributed by atoms with Crippen LogP contribution in [0.5, 0.6) is 0 Å². The largest absolute Gasteiger partial charge is 0.352 e. The molecule has 0 spiro atoms. The summed E-state index contributed by atoms with van der Waals surface area (Å²) in [6.45, 7) is 3.78. The van der Waals surface area contributed by atoms with Crippen LogP contribution in [0, 0.1) is 0 Å². The lowest BCUT2D eigenvalue weighted by molar-refractivity contribution is -0.116. The van der Waals surface area contributed by atoms with Gasteiger partial charge in [0.25, 0.3) is 5.91 Å². The molecular formula is C22H31N5OS. The number of thioether (sulfide) groups is 1. The second-order valence-corrected chi connectivity index (χ2v) is 8.92. The van der Waals surface area contributed by atoms with E-state index in [1.165, 1.54) is 43.9 Å². The zero-order valence-electron chi connectivity index (χ0n) is 17.0. The SMILES string of the molecule is O=C(NCCCCNCCNC1CCCCC1)C1=Cc2cnc3cccc(n23)S1. The lowest BCUT2D eigenvalue weighted by atomic mass is 9.95. The maximum absolute atomic E-state index is 12.5. The molecule has 156 valence electrons. The third-order valence-corrected chi connectivity index (χ3v) is 6.69. The van der Waals surface area contributed by atoms with Crippen LogP contribution in [0.4, 0.5) is 0 Å². The van der Waals surface area contributed by atoms with E-state index in [-0.39, 0.29) is 5.91 Å². The van der Waals surface area contributed by atoms with E-state index in [2.05, 4.69) is 25.3 Å². The van der Waals surface area contributed by atoms with E-state index in [0.717, 1.165) is 59.8 Å². The van der Waals surface area contributed by atoms with Crippen molar-refractivity contribution in [3.8, 4) is 0 Å². The fraction of sp³-hybridized carbons (Fsp3) is 0.545. The fourth-order valence-corrected chi connectivity index (χ4v) is 5.07. The molecule has 0 atom stereocenters. The number of hydrogen-bond acceptors (Lipinski definition) is 5. The highest BCUT2D eigenvalue weighted by molar-refractivity contribution is 8.04. The van der Waals surface area contributed by atoms with Crippen LogP contribution >= 0.6 is 11.8 Å². The summed E-state index contributed by atoms with van der Waals surface area (Å²) in [6, 6.07) is 6.72. The number of unbranched alkanes of at least 4 members (excludes halogenated alkanes) is 1. The molecule has 1 amide bonds. The van der Waals surface area contributed by atoms with Gasteiger partial charge in [0.05, 0.1) is 21.8 Å². The van der Waals surface area contributed by atoms with Gasteiger partial charge in [-0.1, -0.05) is 37.1 Å². The second kappa shape index (κ2) is 10.3. The van der Waals surface area contributed by atoms with Crippen LogP contribution in [0.25, 0.3) is 11.7 Å². The van der Waals surface area contributed by atoms with E-state index in [0.29, 0.717) is 6.54 Å². The van der Waals surface area contributed by atoms with Crippen molar-refractivity contribution in [2.75, 3.05) is 26.2 Å². The van der Waals surface area contributed by atoms with Crippen LogP contribution in [0.2, 0.25) is 0 Å². The van der Waals surface area contributed by atoms with E-state index in [1.54, 1.807) is 0 Å². The van der Waals surface area contributed by atoms with Crippen molar-refractivity contribution in [1.29, 1.82) is 0 Å². The van der Waals surface area contributed by atoms with Crippen molar-refractivity contribution < 1.29 is 4.79 Å². The van der Waals surface area contributed by atoms with Gasteiger partial charge in [0.2, 0.25) is 0 Å². The molecule has 2 aromatic rings. The van der Waals surface area contributed by atoms with Crippen LogP contribution in [0.3, 0.4) is 0 Å². The van der Waals surface area contributed by atoms with Crippen molar-refractivity contribution in [3.05, 3.63) is 35.0 Å². The number of rotatable bonds is 10. The molecule has 3 heterocycles. The highest BCUT2D eigenvalue weighted by Gasteiger charge is 2.19. The molecule has 0 saturated heterocycles. The van der Waals surface area contributed by atoms with Gasteiger partial charge in [-0.2, -0.15) is 0 Å². The van der Waals surface area contributed by atoms with E-state index in [4.69, 9.17) is 0 Å². The van der Waals surface area contributed by atoms with Crippen LogP contribution in [0.1, 0.15) is 50.6 Å². The van der Waals surface area contributed by atoms with E-state index >= 15 is 0 Å². The molecule has 1 fully saturated rings. The van der Waals surface area contributed by atoms with E-state index < -0.39 is 0 Å². The minimum absolute atomic E-state index is 0.00379. The molecule has 0 bridgehead atoms. The lowest BCUT2D eigenvalue weighted by Gasteiger charge is -2.22. The van der Waals surface area contributed by atoms with Gasteiger partial charge in [0.1, 0.15) is 5.65 Å². The Bertz CT molecular complexity index is 856. The Balaban J connectivity index is 1.09. The molecule has 0 unspecified atom stereocenters. The Morgan fingerprint density at radius 3 is 2.86 bits per heavy atom. The summed E-state index contributed by atoms with van der Waals surface area (Å²) in [5.41, 5.74) is 1.88. The number of amides is 1. The average molecular weight is 414 g/mol. The standard InChI is InChI=1S/C22H31N5OS/c28-22(19-15-18-16-26-20-9-6-10-21(29-19)27(18)20)25-12-5-4-11-23-13-14-24-17-7-2-1-3-8-17/h6,9-10,15-17,23-24H,1-5,7-8,11-14H2,(H,25,28). The van der Waals surface area contributed by atoms with Crippen LogP contribution in [-0.4, -0.2) is 47.5 Å². The first-order valence-electron chi connectivity index (χ1n) is 10.9. The van der Waals surface area contributed by atoms with Gasteiger partial charge in [-0.15, -0.1) is 0 Å². The summed E-state index contributed by atoms with van der Waals surface area (Å²) >= 11 is 1.50. The van der Waals surface area contributed by atoms with Crippen molar-refractivity contribution in [2.24, 2.45) is 0 Å². The topological polar surface area (TPSA) is 70.5 Å². The third kappa shape index (κ3) is 5.41. The molecule has 1 saturated carbocycles. The van der Waals surface area contributed by atoms with Crippen LogP contribution < -0.4 is 16.0 Å². The van der Waals surface area contributed by atoms with Crippen molar-refractivity contribution >= 4 is 29.4 Å². The molecule has 7 heteroatoms. The number of aromatic nitrogens is 2. The monoisotopic (exact) mass is 413 g/mol. The molecule has 2 aliphatic rings. The molecule has 29 heavy (non-hydrogen) atoms. The Morgan fingerprint density at radius 2 is 1.97 bits per heavy atom. The summed E-state index contributed by atoms with van der Waals surface area (Å²) in [5.74, 6) is 0.00379. The fourth-order valence-electron chi connectivity index (χ4n) is 4.06. The highest BCUT2D eigenvalue weighted by atomic mass is 32.2. The summed E-state index contributed by atoms with van der Waals surface area (Å²) in [5, 5.41) is 11.2. The molecule has 4 rings (SSSR count). The quantitative estimate of drug-likeness (QED) is 0.522. The van der Waals surface area contributed by atoms with Crippen LogP contribution in [0.15, 0.2) is 34.3 Å². The summed E-state index contributed by atoms with van der Waals surface area (Å²) in [4.78, 5) is 17.6. The Labute approximate surface area is 176 Å². The predicted octanol–water partition coefficient (Wildman–Crippen LogP) is 3.19. The van der Waals surface area contributed by atoms with Gasteiger partial charge in [0.15, 0.2) is 0 Å². The molecule has 6 nitrogen and oxygen atoms in total. The normalized spacial score (nSPS) is 16.8. The average Bonchev–Trinajstić information content (AvgIpc) is 3.18. The molecule has 2 aromatic heterocycles. The molecule has 1 aliphatic carbocycles. The minimum Gasteiger partial charge on any atom is -0.352 e. The molecule has 0 aromatic carbocycles. The van der Waals surface area contributed by atoms with E-state index in [1.807, 2.05) is 30.5 Å². The van der Waals surface area contributed by atoms with Crippen molar-refractivity contribution in [3.63, 3.8) is 0 Å². The minimum atomic E-state index is 0.00379. The number of carbonyl (C=O) groups excluding carboxylic acids is 1. The number of nitrogens with one attached hydrogen (secondary N) is 3. The number of imidazole rings is 1. The Hall–Kier alpha value is -1.83. The Morgan fingerprint density at radius 1 is 1.10 bits per heavy atom. The van der Waals surface area contributed by atoms with Gasteiger partial charge in [-0.25, -0.2) is 4.98 Å². The van der Waals surface area contributed by atoms with Gasteiger partial charge < -0.3 is 16.0 Å². The summed E-state index contributed by atoms with van der Waals surface area (Å²) in [6.07, 6.45) is 12.6. The smallest absolute Gasteiger partial charge is 0.258 e. The maximum atomic E-state index is 12.5.